The summed E-state index contributed by atoms with van der Waals surface area (Å²) in [4.78, 5) is 14.3. The van der Waals surface area contributed by atoms with Gasteiger partial charge in [-0.1, -0.05) is 0 Å². The predicted octanol–water partition coefficient (Wildman–Crippen LogP) is 1.21. The van der Waals surface area contributed by atoms with Crippen molar-refractivity contribution in [3.8, 4) is 0 Å². The number of anilines is 1. The minimum Gasteiger partial charge on any atom is -0.361 e. The minimum absolute atomic E-state index is 0.0205. The van der Waals surface area contributed by atoms with Gasteiger partial charge in [0.2, 0.25) is 0 Å². The van der Waals surface area contributed by atoms with Crippen LogP contribution in [0.5, 0.6) is 0 Å². The second-order valence-corrected chi connectivity index (χ2v) is 5.90. The monoisotopic (exact) mass is 314 g/mol. The molecule has 2 heterocycles. The first kappa shape index (κ1) is 13.5. The van der Waals surface area contributed by atoms with Crippen LogP contribution >= 0.6 is 15.9 Å². The summed E-state index contributed by atoms with van der Waals surface area (Å²) in [5, 5.41) is 7.58. The van der Waals surface area contributed by atoms with Crippen molar-refractivity contribution >= 4 is 21.6 Å². The first-order chi connectivity index (χ1) is 8.47. The van der Waals surface area contributed by atoms with Crippen molar-refractivity contribution in [2.75, 3.05) is 24.5 Å². The molecule has 1 aliphatic rings. The predicted molar refractivity (Wildman–Crippen MR) is 76.2 cm³/mol. The van der Waals surface area contributed by atoms with Crippen LogP contribution in [-0.2, 0) is 6.54 Å². The zero-order valence-corrected chi connectivity index (χ0v) is 12.6. The average Bonchev–Trinajstić information content (AvgIpc) is 2.33. The molecule has 0 unspecified atom stereocenters. The van der Waals surface area contributed by atoms with Crippen LogP contribution in [0.4, 0.5) is 5.69 Å². The Bertz CT molecular complexity index is 497. The number of nitrogens with zero attached hydrogens (tertiary/aromatic N) is 3. The highest BCUT2D eigenvalue weighted by Crippen LogP contribution is 2.29. The standard InChI is InChI=1S/C12H19BrN4O/c1-4-17-11(18)10(13)9(7-15-17)16-6-5-14-8-12(16,2)3/h7,14H,4-6,8H2,1-3H3. The molecule has 1 saturated heterocycles. The zero-order valence-electron chi connectivity index (χ0n) is 11.0. The third kappa shape index (κ3) is 2.31. The fourth-order valence-corrected chi connectivity index (χ4v) is 2.82. The van der Waals surface area contributed by atoms with Gasteiger partial charge in [0.1, 0.15) is 4.47 Å². The normalized spacial score (nSPS) is 19.0. The van der Waals surface area contributed by atoms with Gasteiger partial charge < -0.3 is 10.2 Å². The number of halogens is 1. The van der Waals surface area contributed by atoms with Crippen LogP contribution in [0.1, 0.15) is 20.8 Å². The Morgan fingerprint density at radius 2 is 2.28 bits per heavy atom. The molecule has 0 spiro atoms. The third-order valence-electron chi connectivity index (χ3n) is 3.36. The molecule has 0 bridgehead atoms. The fraction of sp³-hybridized carbons (Fsp3) is 0.667. The second-order valence-electron chi connectivity index (χ2n) is 5.11. The lowest BCUT2D eigenvalue weighted by Gasteiger charge is -2.44. The van der Waals surface area contributed by atoms with Crippen molar-refractivity contribution in [1.29, 1.82) is 0 Å². The van der Waals surface area contributed by atoms with E-state index in [1.807, 2.05) is 6.92 Å². The number of aryl methyl sites for hydroxylation is 1. The number of piperazine rings is 1. The van der Waals surface area contributed by atoms with Gasteiger partial charge in [0.25, 0.3) is 5.56 Å². The summed E-state index contributed by atoms with van der Waals surface area (Å²) in [5.41, 5.74) is 0.799. The van der Waals surface area contributed by atoms with Crippen molar-refractivity contribution in [3.63, 3.8) is 0 Å². The van der Waals surface area contributed by atoms with Gasteiger partial charge in [-0.05, 0) is 36.7 Å². The molecule has 0 radical (unpaired) electrons. The minimum atomic E-state index is -0.0654. The Kier molecular flexibility index (Phi) is 3.77. The maximum atomic E-state index is 12.1. The van der Waals surface area contributed by atoms with E-state index < -0.39 is 0 Å². The van der Waals surface area contributed by atoms with Gasteiger partial charge in [-0.25, -0.2) is 4.68 Å². The molecule has 6 heteroatoms. The van der Waals surface area contributed by atoms with E-state index in [-0.39, 0.29) is 11.1 Å². The van der Waals surface area contributed by atoms with Crippen molar-refractivity contribution in [1.82, 2.24) is 15.1 Å². The van der Waals surface area contributed by atoms with Crippen molar-refractivity contribution in [2.24, 2.45) is 0 Å². The lowest BCUT2D eigenvalue weighted by Crippen LogP contribution is -2.58. The molecule has 5 nitrogen and oxygen atoms in total. The van der Waals surface area contributed by atoms with Crippen molar-refractivity contribution < 1.29 is 0 Å². The van der Waals surface area contributed by atoms with Crippen LogP contribution in [0.3, 0.4) is 0 Å². The van der Waals surface area contributed by atoms with E-state index in [9.17, 15) is 4.79 Å². The first-order valence-corrected chi connectivity index (χ1v) is 7.00. The van der Waals surface area contributed by atoms with E-state index in [2.05, 4.69) is 45.1 Å². The molecule has 1 N–H and O–H groups in total. The van der Waals surface area contributed by atoms with Gasteiger partial charge in [0, 0.05) is 31.7 Å². The third-order valence-corrected chi connectivity index (χ3v) is 4.10. The average molecular weight is 315 g/mol. The summed E-state index contributed by atoms with van der Waals surface area (Å²) >= 11 is 3.42. The zero-order chi connectivity index (χ0) is 13.3. The molecule has 0 aromatic carbocycles. The Labute approximate surface area is 115 Å². The van der Waals surface area contributed by atoms with Gasteiger partial charge in [0.05, 0.1) is 11.9 Å². The van der Waals surface area contributed by atoms with Crippen LogP contribution in [0, 0.1) is 0 Å². The molecule has 0 aliphatic carbocycles. The molecule has 1 aromatic rings. The topological polar surface area (TPSA) is 50.2 Å². The van der Waals surface area contributed by atoms with Gasteiger partial charge in [-0.15, -0.1) is 0 Å². The van der Waals surface area contributed by atoms with Crippen LogP contribution in [-0.4, -0.2) is 35.0 Å². The molecular weight excluding hydrogens is 296 g/mol. The van der Waals surface area contributed by atoms with Gasteiger partial charge in [-0.2, -0.15) is 5.10 Å². The molecular formula is C12H19BrN4O. The Morgan fingerprint density at radius 1 is 1.56 bits per heavy atom. The molecule has 2 rings (SSSR count). The fourth-order valence-electron chi connectivity index (χ4n) is 2.30. The number of rotatable bonds is 2. The van der Waals surface area contributed by atoms with E-state index >= 15 is 0 Å². The maximum Gasteiger partial charge on any atom is 0.283 e. The van der Waals surface area contributed by atoms with E-state index in [1.54, 1.807) is 6.20 Å². The number of aromatic nitrogens is 2. The molecule has 1 aromatic heterocycles. The molecule has 100 valence electrons. The summed E-state index contributed by atoms with van der Waals surface area (Å²) in [7, 11) is 0. The summed E-state index contributed by atoms with van der Waals surface area (Å²) < 4.78 is 2.07. The molecule has 0 saturated carbocycles. The lowest BCUT2D eigenvalue weighted by atomic mass is 9.99. The van der Waals surface area contributed by atoms with Gasteiger partial charge in [-0.3, -0.25) is 4.79 Å². The Balaban J connectivity index is 2.45. The Morgan fingerprint density at radius 3 is 2.89 bits per heavy atom. The van der Waals surface area contributed by atoms with Crippen LogP contribution in [0.25, 0.3) is 0 Å². The number of hydrogen-bond acceptors (Lipinski definition) is 4. The lowest BCUT2D eigenvalue weighted by molar-refractivity contribution is 0.379. The molecule has 1 fully saturated rings. The van der Waals surface area contributed by atoms with Crippen LogP contribution < -0.4 is 15.8 Å². The molecule has 0 atom stereocenters. The van der Waals surface area contributed by atoms with Crippen molar-refractivity contribution in [2.45, 2.75) is 32.9 Å². The SMILES string of the molecule is CCn1ncc(N2CCNCC2(C)C)c(Br)c1=O. The molecule has 1 aliphatic heterocycles. The number of hydrogen-bond donors (Lipinski definition) is 1. The maximum absolute atomic E-state index is 12.1. The van der Waals surface area contributed by atoms with Crippen LogP contribution in [0.2, 0.25) is 0 Å². The highest BCUT2D eigenvalue weighted by molar-refractivity contribution is 9.10. The second kappa shape index (κ2) is 5.01. The van der Waals surface area contributed by atoms with E-state index in [0.717, 1.165) is 25.3 Å². The largest absolute Gasteiger partial charge is 0.361 e. The van der Waals surface area contributed by atoms with E-state index in [1.165, 1.54) is 4.68 Å². The number of nitrogens with one attached hydrogen (secondary N) is 1. The summed E-state index contributed by atoms with van der Waals surface area (Å²) in [5.74, 6) is 0. The quantitative estimate of drug-likeness (QED) is 0.891. The highest BCUT2D eigenvalue weighted by atomic mass is 79.9. The van der Waals surface area contributed by atoms with Crippen molar-refractivity contribution in [3.05, 3.63) is 21.0 Å². The molecule has 0 amide bonds. The summed E-state index contributed by atoms with van der Waals surface area (Å²) in [6, 6.07) is 0. The Hall–Kier alpha value is -0.880. The van der Waals surface area contributed by atoms with E-state index in [4.69, 9.17) is 0 Å². The smallest absolute Gasteiger partial charge is 0.283 e. The summed E-state index contributed by atoms with van der Waals surface area (Å²) in [6.45, 7) is 9.53. The summed E-state index contributed by atoms with van der Waals surface area (Å²) in [6.07, 6.45) is 1.78. The molecule has 18 heavy (non-hydrogen) atoms. The van der Waals surface area contributed by atoms with E-state index in [0.29, 0.717) is 11.0 Å². The van der Waals surface area contributed by atoms with Gasteiger partial charge in [0.15, 0.2) is 0 Å². The first-order valence-electron chi connectivity index (χ1n) is 6.21. The van der Waals surface area contributed by atoms with Gasteiger partial charge >= 0.3 is 0 Å². The highest BCUT2D eigenvalue weighted by Gasteiger charge is 2.31. The van der Waals surface area contributed by atoms with Crippen LogP contribution in [0.15, 0.2) is 15.5 Å².